The lowest BCUT2D eigenvalue weighted by Crippen LogP contribution is -2.38. The van der Waals surface area contributed by atoms with Gasteiger partial charge in [-0.2, -0.15) is 0 Å². The Morgan fingerprint density at radius 3 is 2.55 bits per heavy atom. The molecule has 2 amide bonds. The number of amides is 2. The number of hydrogen-bond acceptors (Lipinski definition) is 2. The second kappa shape index (κ2) is 7.56. The summed E-state index contributed by atoms with van der Waals surface area (Å²) in [4.78, 5) is 13.9. The van der Waals surface area contributed by atoms with Crippen molar-refractivity contribution < 1.29 is 9.90 Å². The van der Waals surface area contributed by atoms with Crippen molar-refractivity contribution in [2.45, 2.75) is 25.7 Å². The van der Waals surface area contributed by atoms with E-state index in [-0.39, 0.29) is 12.6 Å². The van der Waals surface area contributed by atoms with E-state index in [9.17, 15) is 4.79 Å². The second-order valence-electron chi connectivity index (χ2n) is 4.83. The highest BCUT2D eigenvalue weighted by Crippen LogP contribution is 2.13. The van der Waals surface area contributed by atoms with Gasteiger partial charge in [0.25, 0.3) is 0 Å². The minimum absolute atomic E-state index is 0.0242. The summed E-state index contributed by atoms with van der Waals surface area (Å²) in [6.45, 7) is 1.77. The summed E-state index contributed by atoms with van der Waals surface area (Å²) in [6, 6.07) is 7.42. The quantitative estimate of drug-likeness (QED) is 0.812. The second-order valence-corrected chi connectivity index (χ2v) is 4.83. The Balaban J connectivity index is 1.90. The lowest BCUT2D eigenvalue weighted by Gasteiger charge is -2.26. The summed E-state index contributed by atoms with van der Waals surface area (Å²) in [5.41, 5.74) is 1.67. The molecule has 1 saturated heterocycles. The van der Waals surface area contributed by atoms with Gasteiger partial charge < -0.3 is 15.3 Å². The Morgan fingerprint density at radius 2 is 1.90 bits per heavy atom. The van der Waals surface area contributed by atoms with Crippen LogP contribution in [-0.2, 0) is 0 Å². The molecule has 0 aliphatic carbocycles. The molecule has 2 N–H and O–H groups in total. The van der Waals surface area contributed by atoms with E-state index in [0.29, 0.717) is 6.42 Å². The van der Waals surface area contributed by atoms with Gasteiger partial charge in [-0.15, -0.1) is 0 Å². The lowest BCUT2D eigenvalue weighted by molar-refractivity contribution is 0.200. The van der Waals surface area contributed by atoms with Gasteiger partial charge in [0.15, 0.2) is 0 Å². The van der Waals surface area contributed by atoms with Crippen LogP contribution in [0.25, 0.3) is 0 Å². The van der Waals surface area contributed by atoms with E-state index in [1.54, 1.807) is 0 Å². The number of hydrogen-bond donors (Lipinski definition) is 2. The number of piperidine rings is 1. The van der Waals surface area contributed by atoms with Crippen LogP contribution >= 0.6 is 0 Å². The molecule has 4 heteroatoms. The zero-order valence-corrected chi connectivity index (χ0v) is 11.6. The zero-order valence-electron chi connectivity index (χ0n) is 11.6. The van der Waals surface area contributed by atoms with E-state index in [4.69, 9.17) is 5.11 Å². The van der Waals surface area contributed by atoms with Gasteiger partial charge in [-0.25, -0.2) is 4.79 Å². The Kier molecular flexibility index (Phi) is 5.45. The van der Waals surface area contributed by atoms with Gasteiger partial charge in [0.2, 0.25) is 0 Å². The van der Waals surface area contributed by atoms with Crippen molar-refractivity contribution in [2.75, 3.05) is 25.0 Å². The molecule has 0 bridgehead atoms. The predicted octanol–water partition coefficient (Wildman–Crippen LogP) is 2.44. The molecule has 0 aromatic heterocycles. The molecule has 4 nitrogen and oxygen atoms in total. The van der Waals surface area contributed by atoms with E-state index < -0.39 is 0 Å². The Hall–Kier alpha value is -1.99. The van der Waals surface area contributed by atoms with Crippen LogP contribution in [0.15, 0.2) is 24.3 Å². The molecule has 1 aromatic carbocycles. The third-order valence-corrected chi connectivity index (χ3v) is 3.25. The first-order valence-corrected chi connectivity index (χ1v) is 7.05. The summed E-state index contributed by atoms with van der Waals surface area (Å²) in [5, 5.41) is 11.6. The molecule has 2 rings (SSSR count). The highest BCUT2D eigenvalue weighted by atomic mass is 16.2. The summed E-state index contributed by atoms with van der Waals surface area (Å²) >= 11 is 0. The van der Waals surface area contributed by atoms with Gasteiger partial charge >= 0.3 is 6.03 Å². The largest absolute Gasteiger partial charge is 0.395 e. The minimum Gasteiger partial charge on any atom is -0.395 e. The number of urea groups is 1. The molecule has 1 heterocycles. The number of aliphatic hydroxyl groups is 1. The molecule has 0 spiro atoms. The number of benzene rings is 1. The van der Waals surface area contributed by atoms with Crippen molar-refractivity contribution >= 4 is 11.7 Å². The van der Waals surface area contributed by atoms with Gasteiger partial charge in [-0.3, -0.25) is 0 Å². The fourth-order valence-electron chi connectivity index (χ4n) is 2.16. The lowest BCUT2D eigenvalue weighted by atomic mass is 10.1. The number of nitrogens with zero attached hydrogens (tertiary/aromatic N) is 1. The van der Waals surface area contributed by atoms with Crippen molar-refractivity contribution in [3.05, 3.63) is 29.8 Å². The van der Waals surface area contributed by atoms with Crippen LogP contribution in [0.4, 0.5) is 10.5 Å². The number of aliphatic hydroxyl groups excluding tert-OH is 1. The first-order valence-electron chi connectivity index (χ1n) is 7.05. The molecule has 1 aliphatic rings. The molecule has 1 aliphatic heterocycles. The van der Waals surface area contributed by atoms with E-state index in [1.165, 1.54) is 6.42 Å². The third-order valence-electron chi connectivity index (χ3n) is 3.25. The Morgan fingerprint density at radius 1 is 1.20 bits per heavy atom. The number of nitrogens with one attached hydrogen (secondary N) is 1. The van der Waals surface area contributed by atoms with Gasteiger partial charge in [-0.1, -0.05) is 11.8 Å². The first kappa shape index (κ1) is 14.4. The fraction of sp³-hybridized carbons (Fsp3) is 0.438. The van der Waals surface area contributed by atoms with Crippen LogP contribution in [0.3, 0.4) is 0 Å². The van der Waals surface area contributed by atoms with Gasteiger partial charge in [0.1, 0.15) is 0 Å². The van der Waals surface area contributed by atoms with Crippen LogP contribution in [0.5, 0.6) is 0 Å². The van der Waals surface area contributed by atoms with Crippen LogP contribution in [0.1, 0.15) is 31.2 Å². The number of anilines is 1. The zero-order chi connectivity index (χ0) is 14.2. The normalized spacial score (nSPS) is 14.3. The maximum Gasteiger partial charge on any atom is 0.321 e. The van der Waals surface area contributed by atoms with Gasteiger partial charge in [0, 0.05) is 30.8 Å². The SMILES string of the molecule is O=C(Nc1ccc(C#CCCO)cc1)N1CCCCC1. The van der Waals surface area contributed by atoms with Crippen LogP contribution in [-0.4, -0.2) is 35.7 Å². The van der Waals surface area contributed by atoms with Crippen LogP contribution < -0.4 is 5.32 Å². The minimum atomic E-state index is -0.0242. The maximum atomic E-state index is 12.0. The topological polar surface area (TPSA) is 52.6 Å². The molecular weight excluding hydrogens is 252 g/mol. The Labute approximate surface area is 119 Å². The molecule has 0 unspecified atom stereocenters. The number of carbonyl (C=O) groups excluding carboxylic acids is 1. The number of likely N-dealkylation sites (tertiary alicyclic amines) is 1. The summed E-state index contributed by atoms with van der Waals surface area (Å²) in [5.74, 6) is 5.82. The number of carbonyl (C=O) groups is 1. The third kappa shape index (κ3) is 4.29. The molecular formula is C16H20N2O2. The highest BCUT2D eigenvalue weighted by Gasteiger charge is 2.15. The summed E-state index contributed by atoms with van der Waals surface area (Å²) < 4.78 is 0. The summed E-state index contributed by atoms with van der Waals surface area (Å²) in [7, 11) is 0. The van der Waals surface area contributed by atoms with E-state index in [1.807, 2.05) is 29.2 Å². The van der Waals surface area contributed by atoms with E-state index >= 15 is 0 Å². The average Bonchev–Trinajstić information content (AvgIpc) is 2.50. The van der Waals surface area contributed by atoms with E-state index in [2.05, 4.69) is 17.2 Å². The van der Waals surface area contributed by atoms with Crippen molar-refractivity contribution in [1.82, 2.24) is 4.90 Å². The van der Waals surface area contributed by atoms with Crippen molar-refractivity contribution in [1.29, 1.82) is 0 Å². The average molecular weight is 272 g/mol. The maximum absolute atomic E-state index is 12.0. The van der Waals surface area contributed by atoms with Gasteiger partial charge in [0.05, 0.1) is 6.61 Å². The number of rotatable bonds is 2. The summed E-state index contributed by atoms with van der Waals surface area (Å²) in [6.07, 6.45) is 3.87. The molecule has 1 aromatic rings. The standard InChI is InChI=1S/C16H20N2O2/c19-13-5-2-6-14-7-9-15(10-8-14)17-16(20)18-11-3-1-4-12-18/h7-10,19H,1,3-5,11-13H2,(H,17,20). The predicted molar refractivity (Wildman–Crippen MR) is 79.5 cm³/mol. The van der Waals surface area contributed by atoms with Crippen molar-refractivity contribution in [2.24, 2.45) is 0 Å². The highest BCUT2D eigenvalue weighted by molar-refractivity contribution is 5.89. The molecule has 1 fully saturated rings. The molecule has 0 radical (unpaired) electrons. The molecule has 20 heavy (non-hydrogen) atoms. The van der Waals surface area contributed by atoms with E-state index in [0.717, 1.165) is 37.2 Å². The van der Waals surface area contributed by atoms with Gasteiger partial charge in [-0.05, 0) is 43.5 Å². The van der Waals surface area contributed by atoms with Crippen molar-refractivity contribution in [3.8, 4) is 11.8 Å². The molecule has 106 valence electrons. The van der Waals surface area contributed by atoms with Crippen LogP contribution in [0.2, 0.25) is 0 Å². The Bertz CT molecular complexity index is 493. The van der Waals surface area contributed by atoms with Crippen molar-refractivity contribution in [3.63, 3.8) is 0 Å². The molecule has 0 saturated carbocycles. The monoisotopic (exact) mass is 272 g/mol. The fourth-order valence-corrected chi connectivity index (χ4v) is 2.16. The molecule has 0 atom stereocenters. The van der Waals surface area contributed by atoms with Crippen LogP contribution in [0, 0.1) is 11.8 Å². The first-order chi connectivity index (χ1) is 9.79. The smallest absolute Gasteiger partial charge is 0.321 e.